The molecule has 2 aromatic carbocycles. The lowest BCUT2D eigenvalue weighted by Gasteiger charge is -2.32. The Balaban J connectivity index is 2.01. The minimum absolute atomic E-state index is 0.113. The number of phenols is 3. The Morgan fingerprint density at radius 2 is 1.76 bits per heavy atom. The molecule has 0 aliphatic carbocycles. The molecule has 1 heterocycles. The van der Waals surface area contributed by atoms with Crippen LogP contribution in [0.15, 0.2) is 36.4 Å². The van der Waals surface area contributed by atoms with Crippen molar-refractivity contribution < 1.29 is 20.1 Å². The third kappa shape index (κ3) is 2.41. The summed E-state index contributed by atoms with van der Waals surface area (Å²) in [6.07, 6.45) is -0.171. The first-order valence-electron chi connectivity index (χ1n) is 6.78. The van der Waals surface area contributed by atoms with Crippen molar-refractivity contribution in [1.29, 1.82) is 0 Å². The molecule has 2 unspecified atom stereocenters. The molecule has 1 aliphatic heterocycles. The van der Waals surface area contributed by atoms with Gasteiger partial charge in [-0.05, 0) is 29.3 Å². The van der Waals surface area contributed by atoms with Gasteiger partial charge < -0.3 is 25.8 Å². The maximum absolute atomic E-state index is 10.1. The summed E-state index contributed by atoms with van der Waals surface area (Å²) in [7, 11) is 0. The summed E-state index contributed by atoms with van der Waals surface area (Å²) in [6, 6.07) is 9.91. The Morgan fingerprint density at radius 1 is 1.05 bits per heavy atom. The van der Waals surface area contributed by atoms with E-state index in [1.165, 1.54) is 6.07 Å². The highest BCUT2D eigenvalue weighted by atomic mass is 16.5. The second-order valence-corrected chi connectivity index (χ2v) is 5.15. The van der Waals surface area contributed by atoms with Crippen LogP contribution in [0.2, 0.25) is 0 Å². The monoisotopic (exact) mass is 287 g/mol. The summed E-state index contributed by atoms with van der Waals surface area (Å²) >= 11 is 0. The molecule has 110 valence electrons. The van der Waals surface area contributed by atoms with E-state index >= 15 is 0 Å². The molecular formula is C16H17NO4. The van der Waals surface area contributed by atoms with E-state index in [9.17, 15) is 15.3 Å². The Labute approximate surface area is 122 Å². The zero-order valence-corrected chi connectivity index (χ0v) is 11.4. The molecular weight excluding hydrogens is 270 g/mol. The summed E-state index contributed by atoms with van der Waals surface area (Å²) in [6.45, 7) is 0.284. The highest BCUT2D eigenvalue weighted by molar-refractivity contribution is 5.51. The number of benzene rings is 2. The van der Waals surface area contributed by atoms with E-state index in [0.29, 0.717) is 12.0 Å². The number of rotatable bonds is 2. The van der Waals surface area contributed by atoms with Gasteiger partial charge in [0, 0.05) is 18.5 Å². The highest BCUT2D eigenvalue weighted by Crippen LogP contribution is 2.43. The van der Waals surface area contributed by atoms with E-state index in [0.717, 1.165) is 11.1 Å². The average molecular weight is 287 g/mol. The lowest BCUT2D eigenvalue weighted by Crippen LogP contribution is -2.25. The van der Waals surface area contributed by atoms with Gasteiger partial charge >= 0.3 is 0 Å². The molecule has 0 fully saturated rings. The van der Waals surface area contributed by atoms with Crippen molar-refractivity contribution >= 4 is 0 Å². The number of fused-ring (bicyclic) bond motifs is 1. The van der Waals surface area contributed by atoms with Gasteiger partial charge in [0.15, 0.2) is 11.5 Å². The van der Waals surface area contributed by atoms with Crippen molar-refractivity contribution in [1.82, 2.24) is 0 Å². The van der Waals surface area contributed by atoms with Crippen molar-refractivity contribution in [3.05, 3.63) is 53.1 Å². The molecule has 2 atom stereocenters. The fraction of sp³-hybridized carbons (Fsp3) is 0.250. The van der Waals surface area contributed by atoms with Crippen molar-refractivity contribution in [2.75, 3.05) is 6.54 Å². The first-order valence-corrected chi connectivity index (χ1v) is 6.78. The third-order valence-corrected chi connectivity index (χ3v) is 3.84. The van der Waals surface area contributed by atoms with Crippen LogP contribution < -0.4 is 5.73 Å². The predicted molar refractivity (Wildman–Crippen MR) is 77.2 cm³/mol. The highest BCUT2D eigenvalue weighted by Gasteiger charge is 2.30. The van der Waals surface area contributed by atoms with E-state index in [1.54, 1.807) is 30.3 Å². The number of ether oxygens (including phenoxy) is 1. The maximum Gasteiger partial charge on any atom is 0.161 e. The Bertz CT molecular complexity index is 654. The number of hydrogen-bond acceptors (Lipinski definition) is 5. The van der Waals surface area contributed by atoms with Crippen LogP contribution in [0.3, 0.4) is 0 Å². The van der Waals surface area contributed by atoms with Crippen molar-refractivity contribution in [3.8, 4) is 17.2 Å². The lowest BCUT2D eigenvalue weighted by atomic mass is 9.90. The molecule has 0 saturated heterocycles. The first-order chi connectivity index (χ1) is 10.1. The second-order valence-electron chi connectivity index (χ2n) is 5.15. The summed E-state index contributed by atoms with van der Waals surface area (Å²) in [5.74, 6) is -0.0697. The molecule has 5 heteroatoms. The Hall–Kier alpha value is -2.24. The van der Waals surface area contributed by atoms with E-state index < -0.39 is 0 Å². The van der Waals surface area contributed by atoms with Crippen molar-refractivity contribution in [2.24, 2.45) is 5.73 Å². The van der Waals surface area contributed by atoms with Gasteiger partial charge in [-0.25, -0.2) is 0 Å². The molecule has 0 radical (unpaired) electrons. The molecule has 0 amide bonds. The fourth-order valence-corrected chi connectivity index (χ4v) is 2.73. The standard InChI is InChI=1S/C16H17NO4/c17-8-15-11-5-6-13(19)16(20)12(11)7-14(21-15)9-1-3-10(18)4-2-9/h1-6,14-15,18-20H,7-8,17H2. The van der Waals surface area contributed by atoms with Crippen LogP contribution in [-0.4, -0.2) is 21.9 Å². The number of nitrogens with two attached hydrogens (primary N) is 1. The van der Waals surface area contributed by atoms with Gasteiger partial charge in [-0.2, -0.15) is 0 Å². The van der Waals surface area contributed by atoms with Crippen LogP contribution in [0.25, 0.3) is 0 Å². The van der Waals surface area contributed by atoms with Crippen molar-refractivity contribution in [2.45, 2.75) is 18.6 Å². The van der Waals surface area contributed by atoms with Crippen LogP contribution in [-0.2, 0) is 11.2 Å². The molecule has 0 spiro atoms. The largest absolute Gasteiger partial charge is 0.508 e. The summed E-state index contributed by atoms with van der Waals surface area (Å²) in [5, 5.41) is 29.1. The fourth-order valence-electron chi connectivity index (χ4n) is 2.73. The maximum atomic E-state index is 10.1. The van der Waals surface area contributed by atoms with Crippen LogP contribution in [0, 0.1) is 0 Å². The quantitative estimate of drug-likeness (QED) is 0.634. The SMILES string of the molecule is NCC1OC(c2ccc(O)cc2)Cc2c1ccc(O)c2O. The first kappa shape index (κ1) is 13.7. The second kappa shape index (κ2) is 5.27. The summed E-state index contributed by atoms with van der Waals surface area (Å²) < 4.78 is 5.98. The molecule has 2 aromatic rings. The molecule has 0 aromatic heterocycles. The average Bonchev–Trinajstić information content (AvgIpc) is 2.51. The van der Waals surface area contributed by atoms with Crippen LogP contribution in [0.5, 0.6) is 17.2 Å². The van der Waals surface area contributed by atoms with E-state index in [-0.39, 0.29) is 36.0 Å². The summed E-state index contributed by atoms with van der Waals surface area (Å²) in [4.78, 5) is 0. The van der Waals surface area contributed by atoms with Gasteiger partial charge in [-0.1, -0.05) is 18.2 Å². The summed E-state index contributed by atoms with van der Waals surface area (Å²) in [5.41, 5.74) is 8.12. The van der Waals surface area contributed by atoms with E-state index in [2.05, 4.69) is 0 Å². The van der Waals surface area contributed by atoms with Gasteiger partial charge in [0.25, 0.3) is 0 Å². The van der Waals surface area contributed by atoms with Gasteiger partial charge in [0.1, 0.15) is 5.75 Å². The van der Waals surface area contributed by atoms with E-state index in [4.69, 9.17) is 10.5 Å². The number of phenolic OH excluding ortho intramolecular Hbond substituents is 3. The lowest BCUT2D eigenvalue weighted by molar-refractivity contribution is -0.0231. The van der Waals surface area contributed by atoms with Gasteiger partial charge in [0.2, 0.25) is 0 Å². The van der Waals surface area contributed by atoms with Gasteiger partial charge in [-0.3, -0.25) is 0 Å². The Kier molecular flexibility index (Phi) is 3.45. The topological polar surface area (TPSA) is 95.9 Å². The molecule has 1 aliphatic rings. The Morgan fingerprint density at radius 3 is 2.43 bits per heavy atom. The molecule has 21 heavy (non-hydrogen) atoms. The predicted octanol–water partition coefficient (Wildman–Crippen LogP) is 2.12. The molecule has 5 nitrogen and oxygen atoms in total. The number of hydrogen-bond donors (Lipinski definition) is 4. The third-order valence-electron chi connectivity index (χ3n) is 3.84. The minimum atomic E-state index is -0.334. The van der Waals surface area contributed by atoms with Crippen LogP contribution in [0.1, 0.15) is 28.9 Å². The van der Waals surface area contributed by atoms with Crippen LogP contribution in [0.4, 0.5) is 0 Å². The zero-order valence-electron chi connectivity index (χ0n) is 11.4. The van der Waals surface area contributed by atoms with Crippen molar-refractivity contribution in [3.63, 3.8) is 0 Å². The smallest absolute Gasteiger partial charge is 0.161 e. The molecule has 0 bridgehead atoms. The van der Waals surface area contributed by atoms with Gasteiger partial charge in [0.05, 0.1) is 12.2 Å². The zero-order chi connectivity index (χ0) is 15.0. The normalized spacial score (nSPS) is 21.0. The van der Waals surface area contributed by atoms with E-state index in [1.807, 2.05) is 0 Å². The van der Waals surface area contributed by atoms with Gasteiger partial charge in [-0.15, -0.1) is 0 Å². The molecule has 3 rings (SSSR count). The number of aromatic hydroxyl groups is 3. The molecule has 5 N–H and O–H groups in total. The van der Waals surface area contributed by atoms with Crippen LogP contribution >= 0.6 is 0 Å². The minimum Gasteiger partial charge on any atom is -0.508 e. The molecule has 0 saturated carbocycles.